The molecule has 0 aliphatic carbocycles. The van der Waals surface area contributed by atoms with Crippen molar-refractivity contribution < 1.29 is 9.53 Å². The van der Waals surface area contributed by atoms with E-state index in [0.717, 1.165) is 29.0 Å². The lowest BCUT2D eigenvalue weighted by Gasteiger charge is -2.09. The maximum absolute atomic E-state index is 12.1. The first kappa shape index (κ1) is 16.5. The molecule has 0 spiro atoms. The highest BCUT2D eigenvalue weighted by Crippen LogP contribution is 2.20. The van der Waals surface area contributed by atoms with Crippen LogP contribution in [0.1, 0.15) is 47.3 Å². The molecule has 2 aromatic rings. The van der Waals surface area contributed by atoms with E-state index < -0.39 is 0 Å². The van der Waals surface area contributed by atoms with E-state index in [1.165, 1.54) is 4.88 Å². The second-order valence-corrected chi connectivity index (χ2v) is 6.62. The molecular weight excluding hydrogens is 292 g/mol. The van der Waals surface area contributed by atoms with E-state index in [-0.39, 0.29) is 11.9 Å². The molecule has 1 aromatic heterocycles. The van der Waals surface area contributed by atoms with E-state index in [9.17, 15) is 4.79 Å². The van der Waals surface area contributed by atoms with E-state index in [4.69, 9.17) is 4.74 Å². The number of hydrogen-bond donors (Lipinski definition) is 0. The molecule has 0 saturated carbocycles. The minimum absolute atomic E-state index is 0.0647. The third kappa shape index (κ3) is 4.85. The van der Waals surface area contributed by atoms with E-state index >= 15 is 0 Å². The molecule has 0 N–H and O–H groups in total. The van der Waals surface area contributed by atoms with Gasteiger partial charge in [-0.3, -0.25) is 4.79 Å². The van der Waals surface area contributed by atoms with Crippen molar-refractivity contribution in [1.82, 2.24) is 0 Å². The lowest BCUT2D eigenvalue weighted by Crippen LogP contribution is -2.05. The average Bonchev–Trinajstić information content (AvgIpc) is 2.95. The summed E-state index contributed by atoms with van der Waals surface area (Å²) in [6, 6.07) is 11.7. The van der Waals surface area contributed by atoms with Crippen molar-refractivity contribution in [2.75, 3.05) is 0 Å². The highest BCUT2D eigenvalue weighted by Gasteiger charge is 2.05. The van der Waals surface area contributed by atoms with Crippen molar-refractivity contribution in [2.24, 2.45) is 0 Å². The Kier molecular flexibility index (Phi) is 5.96. The van der Waals surface area contributed by atoms with E-state index in [2.05, 4.69) is 6.92 Å². The van der Waals surface area contributed by atoms with Crippen LogP contribution in [0.3, 0.4) is 0 Å². The van der Waals surface area contributed by atoms with Gasteiger partial charge in [0.05, 0.1) is 11.0 Å². The maximum atomic E-state index is 12.1. The van der Waals surface area contributed by atoms with Crippen LogP contribution in [0.25, 0.3) is 6.08 Å². The molecule has 0 unspecified atom stereocenters. The van der Waals surface area contributed by atoms with Crippen LogP contribution in [-0.4, -0.2) is 11.9 Å². The van der Waals surface area contributed by atoms with Crippen molar-refractivity contribution in [1.29, 1.82) is 0 Å². The van der Waals surface area contributed by atoms with Gasteiger partial charge in [0, 0.05) is 4.88 Å². The smallest absolute Gasteiger partial charge is 0.195 e. The largest absolute Gasteiger partial charge is 0.491 e. The summed E-state index contributed by atoms with van der Waals surface area (Å²) in [4.78, 5) is 14.2. The molecule has 0 amide bonds. The predicted octanol–water partition coefficient (Wildman–Crippen LogP) is 5.38. The number of carbonyl (C=O) groups excluding carboxylic acids is 1. The molecule has 0 atom stereocenters. The second kappa shape index (κ2) is 7.95. The summed E-state index contributed by atoms with van der Waals surface area (Å²) in [5.41, 5.74) is 0.995. The van der Waals surface area contributed by atoms with Crippen molar-refractivity contribution in [3.63, 3.8) is 0 Å². The normalized spacial score (nSPS) is 11.3. The fourth-order valence-electron chi connectivity index (χ4n) is 2.07. The third-order valence-electron chi connectivity index (χ3n) is 3.08. The summed E-state index contributed by atoms with van der Waals surface area (Å²) in [6.07, 6.45) is 5.80. The van der Waals surface area contributed by atoms with Crippen molar-refractivity contribution in [3.05, 3.63) is 57.8 Å². The van der Waals surface area contributed by atoms with Crippen LogP contribution < -0.4 is 4.74 Å². The number of rotatable bonds is 7. The van der Waals surface area contributed by atoms with E-state index in [0.29, 0.717) is 0 Å². The topological polar surface area (TPSA) is 26.3 Å². The number of thiophene rings is 1. The Morgan fingerprint density at radius 2 is 1.91 bits per heavy atom. The summed E-state index contributed by atoms with van der Waals surface area (Å²) < 4.78 is 5.60. The van der Waals surface area contributed by atoms with Gasteiger partial charge in [-0.1, -0.05) is 31.6 Å². The first-order valence-corrected chi connectivity index (χ1v) is 8.48. The lowest BCUT2D eigenvalue weighted by atomic mass is 10.2. The highest BCUT2D eigenvalue weighted by atomic mass is 32.1. The number of carbonyl (C=O) groups is 1. The van der Waals surface area contributed by atoms with Crippen molar-refractivity contribution in [2.45, 2.75) is 39.7 Å². The van der Waals surface area contributed by atoms with Gasteiger partial charge < -0.3 is 4.74 Å². The zero-order chi connectivity index (χ0) is 15.9. The van der Waals surface area contributed by atoms with Gasteiger partial charge in [-0.2, -0.15) is 0 Å². The number of aryl methyl sites for hydroxylation is 1. The molecule has 0 aliphatic heterocycles. The standard InChI is InChI=1S/C19H22O2S/c1-4-5-17-11-13-19(22-17)18(20)12-8-15-6-9-16(10-7-15)21-14(2)3/h6-14H,4-5H2,1-3H3/b12-8+. The molecule has 0 saturated heterocycles. The summed E-state index contributed by atoms with van der Waals surface area (Å²) in [7, 11) is 0. The molecule has 1 aromatic carbocycles. The Balaban J connectivity index is 1.99. The number of ketones is 1. The van der Waals surface area contributed by atoms with E-state index in [1.54, 1.807) is 17.4 Å². The van der Waals surface area contributed by atoms with Gasteiger partial charge in [-0.15, -0.1) is 11.3 Å². The molecule has 22 heavy (non-hydrogen) atoms. The van der Waals surface area contributed by atoms with Gasteiger partial charge in [-0.05, 0) is 56.2 Å². The minimum Gasteiger partial charge on any atom is -0.491 e. The number of ether oxygens (including phenoxy) is 1. The number of hydrogen-bond acceptors (Lipinski definition) is 3. The minimum atomic E-state index is 0.0647. The van der Waals surface area contributed by atoms with Crippen LogP contribution in [0.5, 0.6) is 5.75 Å². The molecule has 2 nitrogen and oxygen atoms in total. The van der Waals surface area contributed by atoms with Crippen molar-refractivity contribution in [3.8, 4) is 5.75 Å². The summed E-state index contributed by atoms with van der Waals surface area (Å²) in [5.74, 6) is 0.913. The van der Waals surface area contributed by atoms with Gasteiger partial charge in [0.15, 0.2) is 5.78 Å². The maximum Gasteiger partial charge on any atom is 0.195 e. The zero-order valence-corrected chi connectivity index (χ0v) is 14.2. The first-order valence-electron chi connectivity index (χ1n) is 7.66. The number of allylic oxidation sites excluding steroid dienone is 1. The van der Waals surface area contributed by atoms with Gasteiger partial charge in [0.2, 0.25) is 0 Å². The van der Waals surface area contributed by atoms with Crippen LogP contribution in [0.2, 0.25) is 0 Å². The third-order valence-corrected chi connectivity index (χ3v) is 4.24. The van der Waals surface area contributed by atoms with Crippen molar-refractivity contribution >= 4 is 23.2 Å². The first-order chi connectivity index (χ1) is 10.6. The van der Waals surface area contributed by atoms with E-state index in [1.807, 2.05) is 56.3 Å². The Morgan fingerprint density at radius 1 is 1.18 bits per heavy atom. The predicted molar refractivity (Wildman–Crippen MR) is 93.9 cm³/mol. The van der Waals surface area contributed by atoms with Gasteiger partial charge in [-0.25, -0.2) is 0 Å². The summed E-state index contributed by atoms with van der Waals surface area (Å²) in [6.45, 7) is 6.15. The molecular formula is C19H22O2S. The zero-order valence-electron chi connectivity index (χ0n) is 13.3. The van der Waals surface area contributed by atoms with Gasteiger partial charge >= 0.3 is 0 Å². The monoisotopic (exact) mass is 314 g/mol. The molecule has 2 rings (SSSR count). The molecule has 0 aliphatic rings. The summed E-state index contributed by atoms with van der Waals surface area (Å²) >= 11 is 1.59. The van der Waals surface area contributed by atoms with Crippen LogP contribution in [0.4, 0.5) is 0 Å². The fourth-order valence-corrected chi connectivity index (χ4v) is 3.10. The summed E-state index contributed by atoms with van der Waals surface area (Å²) in [5, 5.41) is 0. The molecule has 0 radical (unpaired) electrons. The molecule has 116 valence electrons. The Bertz CT molecular complexity index is 636. The van der Waals surface area contributed by atoms with Crippen LogP contribution >= 0.6 is 11.3 Å². The van der Waals surface area contributed by atoms with Gasteiger partial charge in [0.25, 0.3) is 0 Å². The van der Waals surface area contributed by atoms with Crippen LogP contribution in [0, 0.1) is 0 Å². The number of benzene rings is 1. The molecule has 0 bridgehead atoms. The van der Waals surface area contributed by atoms with Gasteiger partial charge in [0.1, 0.15) is 5.75 Å². The van der Waals surface area contributed by atoms with Crippen LogP contribution in [0.15, 0.2) is 42.5 Å². The Labute approximate surface area is 136 Å². The fraction of sp³-hybridized carbons (Fsp3) is 0.316. The Morgan fingerprint density at radius 3 is 2.55 bits per heavy atom. The molecule has 0 fully saturated rings. The molecule has 3 heteroatoms. The van der Waals surface area contributed by atoms with Crippen LogP contribution in [-0.2, 0) is 6.42 Å². The highest BCUT2D eigenvalue weighted by molar-refractivity contribution is 7.14. The SMILES string of the molecule is CCCc1ccc(C(=O)/C=C/c2ccc(OC(C)C)cc2)s1. The average molecular weight is 314 g/mol. The lowest BCUT2D eigenvalue weighted by molar-refractivity contribution is 0.105. The molecule has 1 heterocycles. The quantitative estimate of drug-likeness (QED) is 0.506. The second-order valence-electron chi connectivity index (χ2n) is 5.45. The Hall–Kier alpha value is -1.87.